The molecule has 1 amide bonds. The minimum absolute atomic E-state index is 0.00545. The van der Waals surface area contributed by atoms with Crippen LogP contribution in [0.25, 0.3) is 0 Å². The van der Waals surface area contributed by atoms with Crippen molar-refractivity contribution in [3.05, 3.63) is 64.7 Å². The van der Waals surface area contributed by atoms with Crippen molar-refractivity contribution in [2.24, 2.45) is 0 Å². The van der Waals surface area contributed by atoms with Crippen LogP contribution in [0.5, 0.6) is 5.75 Å². The van der Waals surface area contributed by atoms with Gasteiger partial charge in [0.2, 0.25) is 5.91 Å². The molecular formula is C19H23NO2. The molecule has 2 rings (SSSR count). The number of hydrogen-bond acceptors (Lipinski definition) is 2. The van der Waals surface area contributed by atoms with Crippen molar-refractivity contribution in [2.45, 2.75) is 33.7 Å². The number of ether oxygens (including phenoxy) is 1. The molecule has 116 valence electrons. The summed E-state index contributed by atoms with van der Waals surface area (Å²) in [7, 11) is 0. The van der Waals surface area contributed by atoms with E-state index in [1.54, 1.807) is 0 Å². The van der Waals surface area contributed by atoms with Gasteiger partial charge in [-0.2, -0.15) is 0 Å². The Kier molecular flexibility index (Phi) is 5.59. The van der Waals surface area contributed by atoms with Crippen molar-refractivity contribution < 1.29 is 9.53 Å². The highest BCUT2D eigenvalue weighted by atomic mass is 16.5. The molecule has 0 spiro atoms. The van der Waals surface area contributed by atoms with Crippen LogP contribution < -0.4 is 10.1 Å². The van der Waals surface area contributed by atoms with Crippen molar-refractivity contribution in [3.63, 3.8) is 0 Å². The van der Waals surface area contributed by atoms with Gasteiger partial charge < -0.3 is 10.1 Å². The molecule has 0 saturated carbocycles. The molecule has 0 aromatic heterocycles. The van der Waals surface area contributed by atoms with Gasteiger partial charge in [-0.05, 0) is 43.5 Å². The quantitative estimate of drug-likeness (QED) is 0.883. The number of nitrogens with one attached hydrogen (secondary N) is 1. The van der Waals surface area contributed by atoms with E-state index in [0.717, 1.165) is 22.4 Å². The first-order valence-corrected chi connectivity index (χ1v) is 7.57. The predicted octanol–water partition coefficient (Wildman–Crippen LogP) is 3.70. The molecule has 0 aliphatic carbocycles. The van der Waals surface area contributed by atoms with Crippen molar-refractivity contribution in [2.75, 3.05) is 6.61 Å². The second kappa shape index (κ2) is 7.64. The Bertz CT molecular complexity index is 632. The van der Waals surface area contributed by atoms with E-state index in [0.29, 0.717) is 19.6 Å². The smallest absolute Gasteiger partial charge is 0.223 e. The van der Waals surface area contributed by atoms with Crippen molar-refractivity contribution in [3.8, 4) is 5.75 Å². The highest BCUT2D eigenvalue weighted by Gasteiger charge is 2.04. The van der Waals surface area contributed by atoms with E-state index in [-0.39, 0.29) is 5.91 Å². The maximum absolute atomic E-state index is 11.8. The number of carbonyl (C=O) groups excluding carboxylic acids is 1. The third-order valence-corrected chi connectivity index (χ3v) is 3.54. The highest BCUT2D eigenvalue weighted by molar-refractivity contribution is 5.76. The first-order valence-electron chi connectivity index (χ1n) is 7.57. The second-order valence-corrected chi connectivity index (χ2v) is 5.63. The Morgan fingerprint density at radius 2 is 1.68 bits per heavy atom. The maximum Gasteiger partial charge on any atom is 0.223 e. The summed E-state index contributed by atoms with van der Waals surface area (Å²) in [6.07, 6.45) is 0.360. The van der Waals surface area contributed by atoms with Crippen LogP contribution in [-0.4, -0.2) is 12.5 Å². The second-order valence-electron chi connectivity index (χ2n) is 5.63. The number of carbonyl (C=O) groups is 1. The molecule has 0 aliphatic heterocycles. The lowest BCUT2D eigenvalue weighted by molar-refractivity contribution is -0.121. The molecule has 0 saturated heterocycles. The summed E-state index contributed by atoms with van der Waals surface area (Å²) in [6, 6.07) is 14.2. The largest absolute Gasteiger partial charge is 0.493 e. The summed E-state index contributed by atoms with van der Waals surface area (Å²) in [5.41, 5.74) is 4.57. The fourth-order valence-electron chi connectivity index (χ4n) is 2.11. The van der Waals surface area contributed by atoms with Crippen molar-refractivity contribution in [1.82, 2.24) is 5.32 Å². The first kappa shape index (κ1) is 16.1. The van der Waals surface area contributed by atoms with Crippen molar-refractivity contribution >= 4 is 5.91 Å². The van der Waals surface area contributed by atoms with Crippen LogP contribution in [-0.2, 0) is 11.3 Å². The molecule has 2 aromatic rings. The molecule has 0 atom stereocenters. The van der Waals surface area contributed by atoms with Gasteiger partial charge >= 0.3 is 0 Å². The van der Waals surface area contributed by atoms with Gasteiger partial charge in [0.15, 0.2) is 0 Å². The number of hydrogen-bond donors (Lipinski definition) is 1. The summed E-state index contributed by atoms with van der Waals surface area (Å²) in [4.78, 5) is 11.8. The molecular weight excluding hydrogens is 274 g/mol. The summed E-state index contributed by atoms with van der Waals surface area (Å²) >= 11 is 0. The van der Waals surface area contributed by atoms with Gasteiger partial charge in [-0.15, -0.1) is 0 Å². The lowest BCUT2D eigenvalue weighted by atomic mass is 10.1. The number of rotatable bonds is 6. The van der Waals surface area contributed by atoms with E-state index in [4.69, 9.17) is 4.74 Å². The Hall–Kier alpha value is -2.29. The Morgan fingerprint density at radius 1 is 1.00 bits per heavy atom. The molecule has 0 unspecified atom stereocenters. The van der Waals surface area contributed by atoms with Crippen LogP contribution in [0.3, 0.4) is 0 Å². The lowest BCUT2D eigenvalue weighted by Crippen LogP contribution is -2.24. The van der Waals surface area contributed by atoms with Gasteiger partial charge in [0.25, 0.3) is 0 Å². The van der Waals surface area contributed by atoms with Crippen LogP contribution >= 0.6 is 0 Å². The third kappa shape index (κ3) is 4.92. The fourth-order valence-corrected chi connectivity index (χ4v) is 2.11. The summed E-state index contributed by atoms with van der Waals surface area (Å²) < 4.78 is 5.70. The zero-order valence-corrected chi connectivity index (χ0v) is 13.5. The topological polar surface area (TPSA) is 38.3 Å². The average Bonchev–Trinajstić information content (AvgIpc) is 2.50. The summed E-state index contributed by atoms with van der Waals surface area (Å²) in [5.74, 6) is 0.859. The van der Waals surface area contributed by atoms with Crippen LogP contribution in [0.4, 0.5) is 0 Å². The van der Waals surface area contributed by atoms with Gasteiger partial charge in [0.1, 0.15) is 5.75 Å². The number of amides is 1. The van der Waals surface area contributed by atoms with E-state index >= 15 is 0 Å². The molecule has 3 nitrogen and oxygen atoms in total. The van der Waals surface area contributed by atoms with E-state index < -0.39 is 0 Å². The molecule has 0 radical (unpaired) electrons. The molecule has 3 heteroatoms. The molecule has 1 N–H and O–H groups in total. The predicted molar refractivity (Wildman–Crippen MR) is 89.1 cm³/mol. The minimum Gasteiger partial charge on any atom is -0.493 e. The average molecular weight is 297 g/mol. The van der Waals surface area contributed by atoms with Crippen molar-refractivity contribution in [1.29, 1.82) is 0 Å². The van der Waals surface area contributed by atoms with E-state index in [9.17, 15) is 4.79 Å². The Labute approximate surface area is 132 Å². The van der Waals surface area contributed by atoms with Crippen LogP contribution in [0.15, 0.2) is 42.5 Å². The molecule has 22 heavy (non-hydrogen) atoms. The normalized spacial score (nSPS) is 10.3. The molecule has 2 aromatic carbocycles. The van der Waals surface area contributed by atoms with E-state index in [1.165, 1.54) is 5.56 Å². The monoisotopic (exact) mass is 297 g/mol. The fraction of sp³-hybridized carbons (Fsp3) is 0.316. The molecule has 0 bridgehead atoms. The zero-order chi connectivity index (χ0) is 15.9. The SMILES string of the molecule is Cc1ccc(CNC(=O)CCOc2cc(C)ccc2C)cc1. The first-order chi connectivity index (χ1) is 10.5. The van der Waals surface area contributed by atoms with Crippen LogP contribution in [0.1, 0.15) is 28.7 Å². The summed E-state index contributed by atoms with van der Waals surface area (Å²) in [5, 5.41) is 2.91. The maximum atomic E-state index is 11.8. The Morgan fingerprint density at radius 3 is 2.41 bits per heavy atom. The van der Waals surface area contributed by atoms with E-state index in [1.807, 2.05) is 57.2 Å². The summed E-state index contributed by atoms with van der Waals surface area (Å²) in [6.45, 7) is 7.03. The van der Waals surface area contributed by atoms with Gasteiger partial charge in [0.05, 0.1) is 13.0 Å². The minimum atomic E-state index is 0.00545. The number of aryl methyl sites for hydroxylation is 3. The standard InChI is InChI=1S/C19H23NO2/c1-14-5-8-17(9-6-14)13-20-19(21)10-11-22-18-12-15(2)4-7-16(18)3/h4-9,12H,10-11,13H2,1-3H3,(H,20,21). The van der Waals surface area contributed by atoms with E-state index in [2.05, 4.69) is 11.4 Å². The number of benzene rings is 2. The lowest BCUT2D eigenvalue weighted by Gasteiger charge is -2.10. The third-order valence-electron chi connectivity index (χ3n) is 3.54. The zero-order valence-electron chi connectivity index (χ0n) is 13.5. The van der Waals surface area contributed by atoms with Gasteiger partial charge in [-0.1, -0.05) is 42.0 Å². The highest BCUT2D eigenvalue weighted by Crippen LogP contribution is 2.19. The van der Waals surface area contributed by atoms with Gasteiger partial charge in [-0.3, -0.25) is 4.79 Å². The molecule has 0 aliphatic rings. The van der Waals surface area contributed by atoms with Gasteiger partial charge in [-0.25, -0.2) is 0 Å². The molecule has 0 fully saturated rings. The van der Waals surface area contributed by atoms with Crippen LogP contribution in [0, 0.1) is 20.8 Å². The van der Waals surface area contributed by atoms with Crippen LogP contribution in [0.2, 0.25) is 0 Å². The molecule has 0 heterocycles. The Balaban J connectivity index is 1.73. The van der Waals surface area contributed by atoms with Gasteiger partial charge in [0, 0.05) is 6.54 Å².